The first-order valence-electron chi connectivity index (χ1n) is 11.2. The summed E-state index contributed by atoms with van der Waals surface area (Å²) in [4.78, 5) is 51.8. The highest BCUT2D eigenvalue weighted by Gasteiger charge is 2.29. The Bertz CT molecular complexity index is 1280. The Hall–Kier alpha value is -3.50. The number of nitrogens with zero attached hydrogens (tertiary/aromatic N) is 5. The minimum absolute atomic E-state index is 0.107. The molecule has 1 saturated heterocycles. The Labute approximate surface area is 183 Å². The maximum Gasteiger partial charge on any atom is 0.329 e. The number of anilines is 2. The Morgan fingerprint density at radius 3 is 2.69 bits per heavy atom. The third-order valence-corrected chi connectivity index (χ3v) is 6.00. The van der Waals surface area contributed by atoms with Gasteiger partial charge in [0, 0.05) is 31.2 Å². The average Bonchev–Trinajstić information content (AvgIpc) is 3.55. The molecule has 168 valence electrons. The molecule has 11 nitrogen and oxygen atoms in total. The van der Waals surface area contributed by atoms with E-state index in [0.717, 1.165) is 44.5 Å². The van der Waals surface area contributed by atoms with Gasteiger partial charge in [-0.15, -0.1) is 5.10 Å². The molecule has 0 aromatic carbocycles. The summed E-state index contributed by atoms with van der Waals surface area (Å²) < 4.78 is 1.43. The fraction of sp³-hybridized carbons (Fsp3) is 0.524. The van der Waals surface area contributed by atoms with Crippen LogP contribution in [0.25, 0.3) is 11.0 Å². The van der Waals surface area contributed by atoms with Crippen molar-refractivity contribution in [1.82, 2.24) is 29.7 Å². The van der Waals surface area contributed by atoms with Gasteiger partial charge in [0.1, 0.15) is 0 Å². The lowest BCUT2D eigenvalue weighted by molar-refractivity contribution is 0.102. The molecule has 3 N–H and O–H groups in total. The molecule has 0 atom stereocenters. The summed E-state index contributed by atoms with van der Waals surface area (Å²) in [6.45, 7) is 4.10. The SMILES string of the molecule is CCCn1c(=O)[nH]c(=O)c2c(C(=O)Nc3nc(N4CCCCC4)n[nH]3)cc(C3CC3)nc21. The minimum atomic E-state index is -0.621. The Balaban J connectivity index is 1.53. The molecule has 4 heterocycles. The number of carbonyl (C=O) groups is 1. The van der Waals surface area contributed by atoms with Gasteiger partial charge in [-0.2, -0.15) is 4.98 Å². The number of aromatic amines is 2. The van der Waals surface area contributed by atoms with Crippen LogP contribution in [0.3, 0.4) is 0 Å². The standard InChI is InChI=1S/C21H26N8O3/c1-2-8-29-16-15(18(31)24-21(29)32)13(11-14(22-16)12-6-7-12)17(30)23-19-25-20(27-26-19)28-9-4-3-5-10-28/h11-12H,2-10H2,1H3,(H,24,31,32)(H2,23,25,26,27,30). The maximum atomic E-state index is 13.2. The first-order valence-corrected chi connectivity index (χ1v) is 11.2. The van der Waals surface area contributed by atoms with Crippen molar-refractivity contribution in [1.29, 1.82) is 0 Å². The molecular weight excluding hydrogens is 412 g/mol. The smallest absolute Gasteiger partial charge is 0.329 e. The lowest BCUT2D eigenvalue weighted by atomic mass is 10.1. The number of hydrogen-bond donors (Lipinski definition) is 3. The van der Waals surface area contributed by atoms with E-state index in [1.807, 2.05) is 6.92 Å². The van der Waals surface area contributed by atoms with Crippen molar-refractivity contribution in [3.63, 3.8) is 0 Å². The molecule has 3 aromatic heterocycles. The van der Waals surface area contributed by atoms with Crippen LogP contribution >= 0.6 is 0 Å². The number of hydrogen-bond acceptors (Lipinski definition) is 7. The molecule has 0 spiro atoms. The van der Waals surface area contributed by atoms with Gasteiger partial charge in [-0.1, -0.05) is 6.92 Å². The molecule has 32 heavy (non-hydrogen) atoms. The molecule has 1 saturated carbocycles. The zero-order valence-corrected chi connectivity index (χ0v) is 18.0. The van der Waals surface area contributed by atoms with Gasteiger partial charge in [0.15, 0.2) is 5.65 Å². The zero-order chi connectivity index (χ0) is 22.2. The number of H-pyrrole nitrogens is 2. The van der Waals surface area contributed by atoms with Crippen molar-refractivity contribution in [3.8, 4) is 0 Å². The quantitative estimate of drug-likeness (QED) is 0.532. The lowest BCUT2D eigenvalue weighted by Gasteiger charge is -2.24. The fourth-order valence-corrected chi connectivity index (χ4v) is 4.21. The summed E-state index contributed by atoms with van der Waals surface area (Å²) in [5.41, 5.74) is 0.0196. The second-order valence-corrected chi connectivity index (χ2v) is 8.46. The number of pyridine rings is 1. The van der Waals surface area contributed by atoms with Gasteiger partial charge in [-0.3, -0.25) is 24.5 Å². The number of carbonyl (C=O) groups excluding carboxylic acids is 1. The molecule has 0 radical (unpaired) electrons. The van der Waals surface area contributed by atoms with Crippen molar-refractivity contribution in [2.24, 2.45) is 0 Å². The van der Waals surface area contributed by atoms with E-state index in [9.17, 15) is 14.4 Å². The van der Waals surface area contributed by atoms with Gasteiger partial charge >= 0.3 is 5.69 Å². The zero-order valence-electron chi connectivity index (χ0n) is 18.0. The van der Waals surface area contributed by atoms with Crippen molar-refractivity contribution in [2.75, 3.05) is 23.3 Å². The van der Waals surface area contributed by atoms with Crippen molar-refractivity contribution in [2.45, 2.75) is 57.9 Å². The van der Waals surface area contributed by atoms with Gasteiger partial charge in [0.25, 0.3) is 11.5 Å². The van der Waals surface area contributed by atoms with Crippen LogP contribution in [0.1, 0.15) is 67.4 Å². The van der Waals surface area contributed by atoms with Crippen LogP contribution in [-0.4, -0.2) is 48.7 Å². The normalized spacial score (nSPS) is 16.5. The highest BCUT2D eigenvalue weighted by Crippen LogP contribution is 2.40. The molecule has 1 aliphatic heterocycles. The summed E-state index contributed by atoms with van der Waals surface area (Å²) in [5, 5.41) is 9.82. The van der Waals surface area contributed by atoms with E-state index in [0.29, 0.717) is 18.9 Å². The number of aryl methyl sites for hydroxylation is 1. The lowest BCUT2D eigenvalue weighted by Crippen LogP contribution is -2.32. The van der Waals surface area contributed by atoms with Gasteiger partial charge in [0.2, 0.25) is 11.9 Å². The van der Waals surface area contributed by atoms with E-state index >= 15 is 0 Å². The Kier molecular flexibility index (Phi) is 5.24. The summed E-state index contributed by atoms with van der Waals surface area (Å²) in [6, 6.07) is 1.66. The predicted molar refractivity (Wildman–Crippen MR) is 119 cm³/mol. The number of amides is 1. The molecule has 2 fully saturated rings. The highest BCUT2D eigenvalue weighted by molar-refractivity contribution is 6.11. The van der Waals surface area contributed by atoms with Crippen molar-refractivity contribution < 1.29 is 4.79 Å². The fourth-order valence-electron chi connectivity index (χ4n) is 4.21. The molecule has 11 heteroatoms. The monoisotopic (exact) mass is 438 g/mol. The van der Waals surface area contributed by atoms with Crippen LogP contribution in [0.4, 0.5) is 11.9 Å². The van der Waals surface area contributed by atoms with Crippen molar-refractivity contribution >= 4 is 28.8 Å². The van der Waals surface area contributed by atoms with Crippen LogP contribution < -0.4 is 21.5 Å². The average molecular weight is 438 g/mol. The first-order chi connectivity index (χ1) is 15.5. The number of aromatic nitrogens is 6. The van der Waals surface area contributed by atoms with Crippen LogP contribution in [0.15, 0.2) is 15.7 Å². The van der Waals surface area contributed by atoms with E-state index in [2.05, 4.69) is 35.4 Å². The van der Waals surface area contributed by atoms with Crippen LogP contribution in [-0.2, 0) is 6.54 Å². The third-order valence-electron chi connectivity index (χ3n) is 6.00. The summed E-state index contributed by atoms with van der Waals surface area (Å²) >= 11 is 0. The Morgan fingerprint density at radius 1 is 1.19 bits per heavy atom. The second-order valence-electron chi connectivity index (χ2n) is 8.46. The van der Waals surface area contributed by atoms with E-state index in [1.165, 1.54) is 11.0 Å². The van der Waals surface area contributed by atoms with E-state index < -0.39 is 17.2 Å². The first kappa shape index (κ1) is 20.4. The second kappa shape index (κ2) is 8.21. The molecule has 0 bridgehead atoms. The van der Waals surface area contributed by atoms with Gasteiger partial charge < -0.3 is 4.90 Å². The molecule has 3 aromatic rings. The highest BCUT2D eigenvalue weighted by atomic mass is 16.2. The van der Waals surface area contributed by atoms with E-state index in [4.69, 9.17) is 0 Å². The van der Waals surface area contributed by atoms with Gasteiger partial charge in [0.05, 0.1) is 10.9 Å². The molecule has 1 amide bonds. The minimum Gasteiger partial charge on any atom is -0.340 e. The summed E-state index contributed by atoms with van der Waals surface area (Å²) in [5.74, 6) is 0.513. The largest absolute Gasteiger partial charge is 0.340 e. The number of nitrogens with one attached hydrogen (secondary N) is 3. The van der Waals surface area contributed by atoms with Crippen LogP contribution in [0.5, 0.6) is 0 Å². The summed E-state index contributed by atoms with van der Waals surface area (Å²) in [7, 11) is 0. The molecular formula is C21H26N8O3. The maximum absolute atomic E-state index is 13.2. The number of piperidine rings is 1. The van der Waals surface area contributed by atoms with E-state index in [-0.39, 0.29) is 28.5 Å². The molecule has 0 unspecified atom stereocenters. The number of fused-ring (bicyclic) bond motifs is 1. The third kappa shape index (κ3) is 3.78. The van der Waals surface area contributed by atoms with Gasteiger partial charge in [-0.25, -0.2) is 14.9 Å². The van der Waals surface area contributed by atoms with Gasteiger partial charge in [-0.05, 0) is 44.6 Å². The van der Waals surface area contributed by atoms with Crippen molar-refractivity contribution in [3.05, 3.63) is 38.2 Å². The van der Waals surface area contributed by atoms with E-state index in [1.54, 1.807) is 6.07 Å². The van der Waals surface area contributed by atoms with Crippen LogP contribution in [0, 0.1) is 0 Å². The van der Waals surface area contributed by atoms with Crippen LogP contribution in [0.2, 0.25) is 0 Å². The molecule has 1 aliphatic carbocycles. The molecule has 2 aliphatic rings. The number of rotatable bonds is 6. The topological polar surface area (TPSA) is 142 Å². The Morgan fingerprint density at radius 2 is 1.97 bits per heavy atom. The molecule has 5 rings (SSSR count). The predicted octanol–water partition coefficient (Wildman–Crippen LogP) is 1.73. The summed E-state index contributed by atoms with van der Waals surface area (Å²) in [6.07, 6.45) is 6.01.